The van der Waals surface area contributed by atoms with Crippen LogP contribution in [0.25, 0.3) is 11.0 Å². The number of hydrogen-bond acceptors (Lipinski definition) is 6. The third-order valence-corrected chi connectivity index (χ3v) is 4.24. The first-order valence-electron chi connectivity index (χ1n) is 7.50. The van der Waals surface area contributed by atoms with E-state index in [1.807, 2.05) is 17.0 Å². The Kier molecular flexibility index (Phi) is 3.34. The largest absolute Gasteiger partial charge is 0.378 e. The first kappa shape index (κ1) is 13.4. The minimum atomic E-state index is 0.0554. The Labute approximate surface area is 127 Å². The van der Waals surface area contributed by atoms with Crippen LogP contribution in [-0.4, -0.2) is 65.2 Å². The van der Waals surface area contributed by atoms with Gasteiger partial charge in [-0.3, -0.25) is 4.79 Å². The van der Waals surface area contributed by atoms with Crippen LogP contribution in [0.15, 0.2) is 24.7 Å². The van der Waals surface area contributed by atoms with Crippen LogP contribution >= 0.6 is 0 Å². The van der Waals surface area contributed by atoms with Gasteiger partial charge in [-0.1, -0.05) is 0 Å². The molecule has 22 heavy (non-hydrogen) atoms. The number of anilines is 1. The van der Waals surface area contributed by atoms with Gasteiger partial charge in [0.15, 0.2) is 5.65 Å². The molecule has 0 unspecified atom stereocenters. The van der Waals surface area contributed by atoms with Crippen molar-refractivity contribution in [3.05, 3.63) is 24.7 Å². The van der Waals surface area contributed by atoms with E-state index in [-0.39, 0.29) is 11.8 Å². The number of rotatable bonds is 2. The summed E-state index contributed by atoms with van der Waals surface area (Å²) in [7, 11) is 0. The van der Waals surface area contributed by atoms with Crippen molar-refractivity contribution in [1.29, 1.82) is 0 Å². The SMILES string of the molecule is O=C(C1CN(c2ncnc3ncccc23)C1)N1CCOCC1. The molecular weight excluding hydrogens is 282 g/mol. The van der Waals surface area contributed by atoms with E-state index in [9.17, 15) is 4.79 Å². The Balaban J connectivity index is 1.47. The summed E-state index contributed by atoms with van der Waals surface area (Å²) in [4.78, 5) is 29.2. The van der Waals surface area contributed by atoms with Crippen LogP contribution < -0.4 is 4.90 Å². The van der Waals surface area contributed by atoms with Crippen LogP contribution in [0.4, 0.5) is 5.82 Å². The summed E-state index contributed by atoms with van der Waals surface area (Å²) in [6.45, 7) is 4.11. The van der Waals surface area contributed by atoms with E-state index in [2.05, 4.69) is 19.9 Å². The highest BCUT2D eigenvalue weighted by atomic mass is 16.5. The molecule has 2 aromatic rings. The van der Waals surface area contributed by atoms with Crippen molar-refractivity contribution in [2.75, 3.05) is 44.3 Å². The molecule has 4 heterocycles. The molecule has 2 aliphatic rings. The number of carbonyl (C=O) groups excluding carboxylic acids is 1. The molecule has 0 N–H and O–H groups in total. The van der Waals surface area contributed by atoms with Crippen molar-refractivity contribution < 1.29 is 9.53 Å². The Morgan fingerprint density at radius 3 is 2.82 bits per heavy atom. The van der Waals surface area contributed by atoms with Gasteiger partial charge in [0, 0.05) is 32.4 Å². The quantitative estimate of drug-likeness (QED) is 0.795. The number of amides is 1. The lowest BCUT2D eigenvalue weighted by Gasteiger charge is -2.42. The standard InChI is InChI=1S/C15H17N5O2/c21-15(19-4-6-22-7-5-19)11-8-20(9-11)14-12-2-1-3-16-13(12)17-10-18-14/h1-3,10-11H,4-9H2. The first-order chi connectivity index (χ1) is 10.8. The highest BCUT2D eigenvalue weighted by Gasteiger charge is 2.37. The van der Waals surface area contributed by atoms with Gasteiger partial charge >= 0.3 is 0 Å². The van der Waals surface area contributed by atoms with Crippen LogP contribution in [0.5, 0.6) is 0 Å². The van der Waals surface area contributed by atoms with Gasteiger partial charge in [0.25, 0.3) is 0 Å². The van der Waals surface area contributed by atoms with E-state index in [0.717, 1.165) is 11.2 Å². The second kappa shape index (κ2) is 5.49. The van der Waals surface area contributed by atoms with Crippen LogP contribution in [-0.2, 0) is 9.53 Å². The number of carbonyl (C=O) groups is 1. The normalized spacial score (nSPS) is 19.3. The molecule has 0 aliphatic carbocycles. The molecule has 0 bridgehead atoms. The molecule has 7 nitrogen and oxygen atoms in total. The molecule has 0 aromatic carbocycles. The van der Waals surface area contributed by atoms with Gasteiger partial charge < -0.3 is 14.5 Å². The summed E-state index contributed by atoms with van der Waals surface area (Å²) in [6.07, 6.45) is 3.25. The molecule has 7 heteroatoms. The number of hydrogen-bond donors (Lipinski definition) is 0. The summed E-state index contributed by atoms with van der Waals surface area (Å²) >= 11 is 0. The fourth-order valence-corrected chi connectivity index (χ4v) is 2.98. The monoisotopic (exact) mass is 299 g/mol. The van der Waals surface area contributed by atoms with E-state index >= 15 is 0 Å². The molecule has 0 saturated carbocycles. The lowest BCUT2D eigenvalue weighted by molar-refractivity contribution is -0.140. The van der Waals surface area contributed by atoms with Gasteiger partial charge in [-0.15, -0.1) is 0 Å². The molecule has 1 amide bonds. The van der Waals surface area contributed by atoms with Gasteiger partial charge in [-0.25, -0.2) is 15.0 Å². The van der Waals surface area contributed by atoms with Crippen molar-refractivity contribution in [2.45, 2.75) is 0 Å². The summed E-state index contributed by atoms with van der Waals surface area (Å²) in [5.74, 6) is 1.15. The Morgan fingerprint density at radius 1 is 1.18 bits per heavy atom. The number of morpholine rings is 1. The Morgan fingerprint density at radius 2 is 2.00 bits per heavy atom. The highest BCUT2D eigenvalue weighted by molar-refractivity contribution is 5.89. The lowest BCUT2D eigenvalue weighted by atomic mass is 9.97. The highest BCUT2D eigenvalue weighted by Crippen LogP contribution is 2.29. The summed E-state index contributed by atoms with van der Waals surface area (Å²) < 4.78 is 5.29. The zero-order valence-corrected chi connectivity index (χ0v) is 12.2. The van der Waals surface area contributed by atoms with Gasteiger partial charge in [-0.05, 0) is 12.1 Å². The predicted molar refractivity (Wildman–Crippen MR) is 80.4 cm³/mol. The molecule has 2 saturated heterocycles. The maximum atomic E-state index is 12.4. The maximum Gasteiger partial charge on any atom is 0.229 e. The van der Waals surface area contributed by atoms with Crippen molar-refractivity contribution in [1.82, 2.24) is 19.9 Å². The zero-order chi connectivity index (χ0) is 14.9. The smallest absolute Gasteiger partial charge is 0.229 e. The van der Waals surface area contributed by atoms with E-state index in [4.69, 9.17) is 4.74 Å². The average Bonchev–Trinajstić information content (AvgIpc) is 2.54. The second-order valence-corrected chi connectivity index (χ2v) is 5.61. The number of ether oxygens (including phenoxy) is 1. The molecule has 4 rings (SSSR count). The third-order valence-electron chi connectivity index (χ3n) is 4.24. The molecule has 2 fully saturated rings. The molecule has 0 radical (unpaired) electrons. The van der Waals surface area contributed by atoms with Crippen LogP contribution in [0.2, 0.25) is 0 Å². The summed E-state index contributed by atoms with van der Waals surface area (Å²) in [5, 5.41) is 0.933. The predicted octanol–water partition coefficient (Wildman–Crippen LogP) is 0.320. The van der Waals surface area contributed by atoms with Crippen LogP contribution in [0, 0.1) is 5.92 Å². The molecule has 114 valence electrons. The van der Waals surface area contributed by atoms with Crippen LogP contribution in [0.1, 0.15) is 0 Å². The van der Waals surface area contributed by atoms with Gasteiger partial charge in [0.1, 0.15) is 12.1 Å². The van der Waals surface area contributed by atoms with Gasteiger partial charge in [0.05, 0.1) is 24.5 Å². The van der Waals surface area contributed by atoms with E-state index in [0.29, 0.717) is 45.0 Å². The van der Waals surface area contributed by atoms with E-state index in [1.54, 1.807) is 6.20 Å². The van der Waals surface area contributed by atoms with Crippen molar-refractivity contribution in [2.24, 2.45) is 5.92 Å². The topological polar surface area (TPSA) is 71.5 Å². The number of fused-ring (bicyclic) bond motifs is 1. The first-order valence-corrected chi connectivity index (χ1v) is 7.50. The van der Waals surface area contributed by atoms with Crippen molar-refractivity contribution in [3.8, 4) is 0 Å². The second-order valence-electron chi connectivity index (χ2n) is 5.61. The van der Waals surface area contributed by atoms with E-state index < -0.39 is 0 Å². The molecule has 0 spiro atoms. The zero-order valence-electron chi connectivity index (χ0n) is 12.2. The van der Waals surface area contributed by atoms with Crippen molar-refractivity contribution >= 4 is 22.8 Å². The molecule has 0 atom stereocenters. The van der Waals surface area contributed by atoms with Crippen LogP contribution in [0.3, 0.4) is 0 Å². The minimum absolute atomic E-state index is 0.0554. The fourth-order valence-electron chi connectivity index (χ4n) is 2.98. The third kappa shape index (κ3) is 2.27. The molecule has 2 aliphatic heterocycles. The Hall–Kier alpha value is -2.28. The summed E-state index contributed by atoms with van der Waals surface area (Å²) in [5.41, 5.74) is 0.690. The lowest BCUT2D eigenvalue weighted by Crippen LogP contribution is -2.56. The molecular formula is C15H17N5O2. The van der Waals surface area contributed by atoms with Gasteiger partial charge in [0.2, 0.25) is 5.91 Å². The van der Waals surface area contributed by atoms with E-state index in [1.165, 1.54) is 6.33 Å². The van der Waals surface area contributed by atoms with Crippen molar-refractivity contribution in [3.63, 3.8) is 0 Å². The number of nitrogens with zero attached hydrogens (tertiary/aromatic N) is 5. The maximum absolute atomic E-state index is 12.4. The average molecular weight is 299 g/mol. The fraction of sp³-hybridized carbons (Fsp3) is 0.467. The number of pyridine rings is 1. The molecule has 2 aromatic heterocycles. The Bertz CT molecular complexity index is 690. The van der Waals surface area contributed by atoms with Gasteiger partial charge in [-0.2, -0.15) is 0 Å². The number of aromatic nitrogens is 3. The summed E-state index contributed by atoms with van der Waals surface area (Å²) in [6, 6.07) is 3.85. The minimum Gasteiger partial charge on any atom is -0.378 e.